The molecule has 0 bridgehead atoms. The molecule has 0 saturated carbocycles. The van der Waals surface area contributed by atoms with E-state index in [0.29, 0.717) is 18.5 Å². The molecule has 0 radical (unpaired) electrons. The minimum atomic E-state index is 0. The van der Waals surface area contributed by atoms with Crippen molar-refractivity contribution in [1.29, 1.82) is 0 Å². The van der Waals surface area contributed by atoms with Crippen molar-refractivity contribution in [3.63, 3.8) is 0 Å². The van der Waals surface area contributed by atoms with Gasteiger partial charge in [0.2, 0.25) is 0 Å². The van der Waals surface area contributed by atoms with Crippen LogP contribution < -0.4 is 10.6 Å². The maximum atomic E-state index is 4.76. The van der Waals surface area contributed by atoms with Crippen LogP contribution in [0.5, 0.6) is 0 Å². The summed E-state index contributed by atoms with van der Waals surface area (Å²) in [6, 6.07) is 0.311. The Morgan fingerprint density at radius 3 is 2.74 bits per heavy atom. The lowest BCUT2D eigenvalue weighted by atomic mass is 10.1. The average Bonchev–Trinajstić information content (AvgIpc) is 3.15. The van der Waals surface area contributed by atoms with Crippen molar-refractivity contribution in [2.24, 2.45) is 4.99 Å². The number of halogens is 1. The fraction of sp³-hybridized carbons (Fsp3) is 0.667. The monoisotopic (exact) mass is 503 g/mol. The molecule has 2 N–H and O–H groups in total. The number of aryl methyl sites for hydroxylation is 3. The number of hydrogen-bond donors (Lipinski definition) is 2. The number of hydrogen-bond acceptors (Lipinski definition) is 5. The Hall–Kier alpha value is -1.23. The Morgan fingerprint density at radius 1 is 1.33 bits per heavy atom. The molecule has 9 heteroatoms. The Morgan fingerprint density at radius 2 is 2.11 bits per heavy atom. The van der Waals surface area contributed by atoms with Gasteiger partial charge in [0.15, 0.2) is 11.8 Å². The number of thiazole rings is 1. The molecule has 150 valence electrons. The molecule has 0 spiro atoms. The molecule has 3 rings (SSSR count). The van der Waals surface area contributed by atoms with Gasteiger partial charge < -0.3 is 10.6 Å². The van der Waals surface area contributed by atoms with E-state index in [1.54, 1.807) is 11.3 Å². The first-order chi connectivity index (χ1) is 12.5. The third-order valence-electron chi connectivity index (χ3n) is 4.46. The van der Waals surface area contributed by atoms with Crippen molar-refractivity contribution in [2.45, 2.75) is 72.5 Å². The van der Waals surface area contributed by atoms with Gasteiger partial charge in [0.1, 0.15) is 5.82 Å². The number of nitrogens with one attached hydrogen (secondary N) is 2. The maximum Gasteiger partial charge on any atom is 0.191 e. The predicted molar refractivity (Wildman–Crippen MR) is 121 cm³/mol. The summed E-state index contributed by atoms with van der Waals surface area (Å²) in [6.07, 6.45) is 1.99. The van der Waals surface area contributed by atoms with E-state index in [0.717, 1.165) is 54.2 Å². The summed E-state index contributed by atoms with van der Waals surface area (Å²) in [5.41, 5.74) is 1.08. The van der Waals surface area contributed by atoms with Crippen molar-refractivity contribution in [3.8, 4) is 0 Å². The van der Waals surface area contributed by atoms with Gasteiger partial charge in [-0.2, -0.15) is 5.10 Å². The maximum absolute atomic E-state index is 4.76. The van der Waals surface area contributed by atoms with Crippen LogP contribution in [-0.2, 0) is 19.5 Å². The standard InChI is InChI=1S/C18H29N7S.HI/c1-6-19-18(20-9-15-12(4)21-13(5)26-15)22-14-7-8-16-23-17(11(2)3)24-25(16)10-14;/h11,14H,6-10H2,1-5H3,(H2,19,20,22);1H. The van der Waals surface area contributed by atoms with Crippen molar-refractivity contribution < 1.29 is 0 Å². The molecule has 7 nitrogen and oxygen atoms in total. The number of aliphatic imine (C=N–C) groups is 1. The zero-order chi connectivity index (χ0) is 18.7. The quantitative estimate of drug-likeness (QED) is 0.372. The molecule has 27 heavy (non-hydrogen) atoms. The molecule has 0 fully saturated rings. The highest BCUT2D eigenvalue weighted by atomic mass is 127. The lowest BCUT2D eigenvalue weighted by molar-refractivity contribution is 0.391. The first-order valence-electron chi connectivity index (χ1n) is 9.37. The third kappa shape index (κ3) is 5.63. The van der Waals surface area contributed by atoms with Crippen LogP contribution in [0.25, 0.3) is 0 Å². The van der Waals surface area contributed by atoms with Gasteiger partial charge in [-0.1, -0.05) is 13.8 Å². The third-order valence-corrected chi connectivity index (χ3v) is 5.51. The van der Waals surface area contributed by atoms with Gasteiger partial charge >= 0.3 is 0 Å². The number of nitrogens with zero attached hydrogens (tertiary/aromatic N) is 5. The van der Waals surface area contributed by atoms with Crippen LogP contribution in [0.1, 0.15) is 60.3 Å². The van der Waals surface area contributed by atoms with E-state index >= 15 is 0 Å². The molecule has 0 saturated heterocycles. The van der Waals surface area contributed by atoms with E-state index in [-0.39, 0.29) is 24.0 Å². The molecule has 3 heterocycles. The van der Waals surface area contributed by atoms with Gasteiger partial charge in [-0.15, -0.1) is 35.3 Å². The van der Waals surface area contributed by atoms with Gasteiger partial charge in [0.25, 0.3) is 0 Å². The summed E-state index contributed by atoms with van der Waals surface area (Å²) in [5.74, 6) is 3.27. The van der Waals surface area contributed by atoms with E-state index in [2.05, 4.69) is 51.2 Å². The zero-order valence-electron chi connectivity index (χ0n) is 16.7. The summed E-state index contributed by atoms with van der Waals surface area (Å²) in [7, 11) is 0. The second-order valence-corrected chi connectivity index (χ2v) is 8.33. The van der Waals surface area contributed by atoms with Crippen LogP contribution in [0.2, 0.25) is 0 Å². The highest BCUT2D eigenvalue weighted by Gasteiger charge is 2.23. The number of fused-ring (bicyclic) bond motifs is 1. The van der Waals surface area contributed by atoms with E-state index in [4.69, 9.17) is 4.99 Å². The summed E-state index contributed by atoms with van der Waals surface area (Å²) in [4.78, 5) is 15.1. The fourth-order valence-electron chi connectivity index (χ4n) is 3.08. The smallest absolute Gasteiger partial charge is 0.191 e. The van der Waals surface area contributed by atoms with Gasteiger partial charge in [0, 0.05) is 29.8 Å². The van der Waals surface area contributed by atoms with Crippen molar-refractivity contribution in [2.75, 3.05) is 6.54 Å². The lowest BCUT2D eigenvalue weighted by Gasteiger charge is -2.25. The Labute approximate surface area is 182 Å². The molecule has 2 aromatic heterocycles. The van der Waals surface area contributed by atoms with Gasteiger partial charge in [0.05, 0.1) is 23.8 Å². The zero-order valence-corrected chi connectivity index (χ0v) is 19.9. The molecular formula is C18H30IN7S. The van der Waals surface area contributed by atoms with Gasteiger partial charge in [-0.25, -0.2) is 19.6 Å². The van der Waals surface area contributed by atoms with Crippen molar-refractivity contribution in [1.82, 2.24) is 30.4 Å². The molecule has 1 unspecified atom stereocenters. The first kappa shape index (κ1) is 22.1. The van der Waals surface area contributed by atoms with Crippen molar-refractivity contribution >= 4 is 41.3 Å². The minimum absolute atomic E-state index is 0. The predicted octanol–water partition coefficient (Wildman–Crippen LogP) is 3.16. The molecule has 1 aliphatic heterocycles. The van der Waals surface area contributed by atoms with Crippen LogP contribution in [0.4, 0.5) is 0 Å². The topological polar surface area (TPSA) is 80.0 Å². The van der Waals surface area contributed by atoms with Crippen LogP contribution in [0, 0.1) is 13.8 Å². The Balaban J connectivity index is 0.00000261. The summed E-state index contributed by atoms with van der Waals surface area (Å²) in [6.45, 7) is 12.8. The van der Waals surface area contributed by atoms with Crippen LogP contribution in [0.15, 0.2) is 4.99 Å². The SMILES string of the molecule is CCNC(=NCc1sc(C)nc1C)NC1CCc2nc(C(C)C)nn2C1.I. The Kier molecular flexibility index (Phi) is 8.02. The van der Waals surface area contributed by atoms with E-state index in [9.17, 15) is 0 Å². The highest BCUT2D eigenvalue weighted by Crippen LogP contribution is 2.19. The number of aromatic nitrogens is 4. The number of guanidine groups is 1. The van der Waals surface area contributed by atoms with Gasteiger partial charge in [-0.3, -0.25) is 0 Å². The first-order valence-corrected chi connectivity index (χ1v) is 10.2. The Bertz CT molecular complexity index is 781. The number of rotatable bonds is 5. The molecule has 0 aliphatic carbocycles. The highest BCUT2D eigenvalue weighted by molar-refractivity contribution is 14.0. The molecule has 0 amide bonds. The van der Waals surface area contributed by atoms with E-state index < -0.39 is 0 Å². The second kappa shape index (κ2) is 9.81. The molecule has 1 atom stereocenters. The summed E-state index contributed by atoms with van der Waals surface area (Å²) >= 11 is 1.72. The summed E-state index contributed by atoms with van der Waals surface area (Å²) < 4.78 is 2.05. The molecule has 1 aliphatic rings. The van der Waals surface area contributed by atoms with Crippen LogP contribution in [0.3, 0.4) is 0 Å². The fourth-order valence-corrected chi connectivity index (χ4v) is 3.94. The van der Waals surface area contributed by atoms with Crippen LogP contribution in [-0.4, -0.2) is 38.3 Å². The van der Waals surface area contributed by atoms with Gasteiger partial charge in [-0.05, 0) is 27.2 Å². The largest absolute Gasteiger partial charge is 0.357 e. The normalized spacial score (nSPS) is 16.8. The van der Waals surface area contributed by atoms with Crippen LogP contribution >= 0.6 is 35.3 Å². The van der Waals surface area contributed by atoms with Crippen molar-refractivity contribution in [3.05, 3.63) is 27.2 Å². The van der Waals surface area contributed by atoms with E-state index in [1.807, 2.05) is 13.8 Å². The molecule has 2 aromatic rings. The second-order valence-electron chi connectivity index (χ2n) is 7.04. The summed E-state index contributed by atoms with van der Waals surface area (Å²) in [5, 5.41) is 12.7. The minimum Gasteiger partial charge on any atom is -0.357 e. The molecular weight excluding hydrogens is 473 g/mol. The molecule has 0 aromatic carbocycles. The van der Waals surface area contributed by atoms with E-state index in [1.165, 1.54) is 4.88 Å². The average molecular weight is 503 g/mol. The lowest BCUT2D eigenvalue weighted by Crippen LogP contribution is -2.47.